The third-order valence-electron chi connectivity index (χ3n) is 3.25. The zero-order valence-corrected chi connectivity index (χ0v) is 13.7. The highest BCUT2D eigenvalue weighted by Gasteiger charge is 2.15. The molecule has 0 fully saturated rings. The fraction of sp³-hybridized carbons (Fsp3) is 0. The van der Waals surface area contributed by atoms with Gasteiger partial charge in [0.2, 0.25) is 0 Å². The maximum absolute atomic E-state index is 12.2. The van der Waals surface area contributed by atoms with Crippen LogP contribution in [0.4, 0.5) is 5.69 Å². The average Bonchev–Trinajstić information content (AvgIpc) is 2.52. The van der Waals surface area contributed by atoms with Crippen LogP contribution in [0.25, 0.3) is 10.9 Å². The van der Waals surface area contributed by atoms with Gasteiger partial charge in [-0.2, -0.15) is 0 Å². The molecule has 23 heavy (non-hydrogen) atoms. The summed E-state index contributed by atoms with van der Waals surface area (Å²) in [6.45, 7) is 0. The molecular weight excluding hydrogens is 359 g/mol. The maximum Gasteiger partial charge on any atom is 0.261 e. The Kier molecular flexibility index (Phi) is 4.31. The van der Waals surface area contributed by atoms with Gasteiger partial charge in [-0.3, -0.25) is 9.79 Å². The second-order valence-corrected chi connectivity index (χ2v) is 5.98. The Morgan fingerprint density at radius 3 is 2.35 bits per heavy atom. The van der Waals surface area contributed by atoms with Crippen molar-refractivity contribution in [3.63, 3.8) is 0 Å². The molecule has 2 aromatic carbocycles. The minimum atomic E-state index is -0.517. The van der Waals surface area contributed by atoms with Crippen molar-refractivity contribution in [3.8, 4) is 5.75 Å². The summed E-state index contributed by atoms with van der Waals surface area (Å²) in [5.74, 6) is -0.269. The Morgan fingerprint density at radius 2 is 1.65 bits per heavy atom. The Morgan fingerprint density at radius 1 is 1.00 bits per heavy atom. The highest BCUT2D eigenvalue weighted by atomic mass is 35.5. The number of aromatic nitrogens is 1. The monoisotopic (exact) mass is 366 g/mol. The molecule has 0 atom stereocenters. The van der Waals surface area contributed by atoms with Crippen LogP contribution in [0.5, 0.6) is 5.75 Å². The molecule has 3 rings (SSSR count). The van der Waals surface area contributed by atoms with Crippen molar-refractivity contribution in [2.24, 2.45) is 4.99 Å². The van der Waals surface area contributed by atoms with E-state index in [-0.39, 0.29) is 32.3 Å². The van der Waals surface area contributed by atoms with E-state index in [1.807, 2.05) is 0 Å². The molecule has 116 valence electrons. The zero-order valence-electron chi connectivity index (χ0n) is 11.5. The van der Waals surface area contributed by atoms with Gasteiger partial charge in [-0.05, 0) is 36.4 Å². The van der Waals surface area contributed by atoms with Gasteiger partial charge in [-0.15, -0.1) is 0 Å². The third kappa shape index (κ3) is 3.06. The lowest BCUT2D eigenvalue weighted by molar-refractivity contribution is 0.479. The number of aliphatic imine (C=N–C) groups is 1. The summed E-state index contributed by atoms with van der Waals surface area (Å²) in [5.41, 5.74) is 0.351. The highest BCUT2D eigenvalue weighted by Crippen LogP contribution is 2.34. The number of hydrogen-bond donors (Lipinski definition) is 2. The molecule has 0 aliphatic rings. The number of aromatic hydroxyl groups is 1. The molecule has 0 amide bonds. The van der Waals surface area contributed by atoms with Crippen LogP contribution in [-0.2, 0) is 0 Å². The molecule has 0 saturated carbocycles. The van der Waals surface area contributed by atoms with E-state index in [4.69, 9.17) is 34.8 Å². The van der Waals surface area contributed by atoms with Crippen LogP contribution >= 0.6 is 34.8 Å². The highest BCUT2D eigenvalue weighted by molar-refractivity contribution is 6.40. The quantitative estimate of drug-likeness (QED) is 0.630. The van der Waals surface area contributed by atoms with Gasteiger partial charge in [0.25, 0.3) is 5.56 Å². The summed E-state index contributed by atoms with van der Waals surface area (Å²) >= 11 is 17.9. The normalized spacial score (nSPS) is 11.4. The van der Waals surface area contributed by atoms with Gasteiger partial charge in [-0.25, -0.2) is 0 Å². The third-order valence-corrected chi connectivity index (χ3v) is 4.13. The molecule has 0 radical (unpaired) electrons. The average molecular weight is 368 g/mol. The second kappa shape index (κ2) is 6.24. The van der Waals surface area contributed by atoms with Gasteiger partial charge in [0.05, 0.1) is 26.6 Å². The van der Waals surface area contributed by atoms with Gasteiger partial charge >= 0.3 is 0 Å². The Labute approximate surface area is 146 Å². The van der Waals surface area contributed by atoms with Crippen LogP contribution < -0.4 is 5.56 Å². The number of H-pyrrole nitrogens is 1. The van der Waals surface area contributed by atoms with Gasteiger partial charge in [0.15, 0.2) is 0 Å². The van der Waals surface area contributed by atoms with Crippen LogP contribution in [0.1, 0.15) is 5.56 Å². The largest absolute Gasteiger partial charge is 0.506 e. The Bertz CT molecular complexity index is 979. The first-order chi connectivity index (χ1) is 11.0. The number of hydrogen-bond acceptors (Lipinski definition) is 3. The van der Waals surface area contributed by atoms with Gasteiger partial charge in [0.1, 0.15) is 11.3 Å². The molecule has 2 N–H and O–H groups in total. The fourth-order valence-corrected chi connectivity index (χ4v) is 2.69. The molecule has 0 unspecified atom stereocenters. The van der Waals surface area contributed by atoms with Crippen molar-refractivity contribution in [3.05, 3.63) is 67.4 Å². The molecule has 7 heteroatoms. The molecule has 0 aliphatic carbocycles. The first kappa shape index (κ1) is 15.9. The Balaban J connectivity index is 2.16. The number of pyridine rings is 1. The maximum atomic E-state index is 12.2. The second-order valence-electron chi connectivity index (χ2n) is 4.73. The summed E-state index contributed by atoms with van der Waals surface area (Å²) in [6.07, 6.45) is 1.27. The van der Waals surface area contributed by atoms with Crippen LogP contribution in [0.2, 0.25) is 15.1 Å². The van der Waals surface area contributed by atoms with E-state index in [2.05, 4.69) is 9.98 Å². The summed E-state index contributed by atoms with van der Waals surface area (Å²) in [7, 11) is 0. The minimum absolute atomic E-state index is 0.00313. The molecule has 0 bridgehead atoms. The molecule has 0 aliphatic heterocycles. The SMILES string of the molecule is O=c1[nH]c2c(Cl)ccc(Cl)c2c(O)c1C=Nc1ccc(Cl)cc1. The van der Waals surface area contributed by atoms with Crippen molar-refractivity contribution in [2.45, 2.75) is 0 Å². The first-order valence-electron chi connectivity index (χ1n) is 6.50. The van der Waals surface area contributed by atoms with Gasteiger partial charge in [-0.1, -0.05) is 34.8 Å². The van der Waals surface area contributed by atoms with Crippen LogP contribution in [0.3, 0.4) is 0 Å². The number of nitrogens with one attached hydrogen (secondary N) is 1. The smallest absolute Gasteiger partial charge is 0.261 e. The van der Waals surface area contributed by atoms with Gasteiger partial charge in [0, 0.05) is 11.2 Å². The van der Waals surface area contributed by atoms with Crippen LogP contribution in [0, 0.1) is 0 Å². The standard InChI is InChI=1S/C16H9Cl3N2O2/c17-8-1-3-9(4-2-8)20-7-10-15(22)13-11(18)5-6-12(19)14(13)21-16(10)23/h1-7H,(H2,21,22,23). The van der Waals surface area contributed by atoms with E-state index < -0.39 is 5.56 Å². The summed E-state index contributed by atoms with van der Waals surface area (Å²) in [6, 6.07) is 9.82. The van der Waals surface area contributed by atoms with Crippen molar-refractivity contribution in [2.75, 3.05) is 0 Å². The van der Waals surface area contributed by atoms with E-state index in [0.29, 0.717) is 10.7 Å². The number of rotatable bonds is 2. The lowest BCUT2D eigenvalue weighted by atomic mass is 10.1. The van der Waals surface area contributed by atoms with E-state index in [0.717, 1.165) is 0 Å². The fourth-order valence-electron chi connectivity index (χ4n) is 2.11. The van der Waals surface area contributed by atoms with Crippen molar-refractivity contribution in [1.29, 1.82) is 0 Å². The number of benzene rings is 2. The number of halogens is 3. The predicted octanol–water partition coefficient (Wildman–Crippen LogP) is 4.94. The lowest BCUT2D eigenvalue weighted by Gasteiger charge is -2.07. The minimum Gasteiger partial charge on any atom is -0.506 e. The topological polar surface area (TPSA) is 65.5 Å². The number of aromatic amines is 1. The molecule has 4 nitrogen and oxygen atoms in total. The van der Waals surface area contributed by atoms with Crippen molar-refractivity contribution < 1.29 is 5.11 Å². The summed E-state index contributed by atoms with van der Waals surface area (Å²) in [4.78, 5) is 18.9. The molecule has 1 aromatic heterocycles. The van der Waals surface area contributed by atoms with E-state index in [1.54, 1.807) is 36.4 Å². The molecule has 3 aromatic rings. The predicted molar refractivity (Wildman–Crippen MR) is 95.0 cm³/mol. The molecule has 1 heterocycles. The van der Waals surface area contributed by atoms with E-state index >= 15 is 0 Å². The Hall–Kier alpha value is -2.01. The number of fused-ring (bicyclic) bond motifs is 1. The van der Waals surface area contributed by atoms with Gasteiger partial charge < -0.3 is 10.1 Å². The van der Waals surface area contributed by atoms with Crippen molar-refractivity contribution >= 4 is 57.6 Å². The first-order valence-corrected chi connectivity index (χ1v) is 7.63. The van der Waals surface area contributed by atoms with E-state index in [1.165, 1.54) is 6.21 Å². The molecular formula is C16H9Cl3N2O2. The van der Waals surface area contributed by atoms with Crippen LogP contribution in [-0.4, -0.2) is 16.3 Å². The summed E-state index contributed by atoms with van der Waals surface area (Å²) < 4.78 is 0. The summed E-state index contributed by atoms with van der Waals surface area (Å²) in [5, 5.41) is 11.8. The van der Waals surface area contributed by atoms with Crippen molar-refractivity contribution in [1.82, 2.24) is 4.98 Å². The molecule has 0 spiro atoms. The number of nitrogens with zero attached hydrogens (tertiary/aromatic N) is 1. The van der Waals surface area contributed by atoms with Crippen LogP contribution in [0.15, 0.2) is 46.2 Å². The van der Waals surface area contributed by atoms with E-state index in [9.17, 15) is 9.90 Å². The molecule has 0 saturated heterocycles. The lowest BCUT2D eigenvalue weighted by Crippen LogP contribution is -2.12. The zero-order chi connectivity index (χ0) is 16.6.